The number of nitrogens with one attached hydrogen (secondary N) is 2. The molecule has 0 saturated carbocycles. The molecular formula is C12H20N4O4S. The van der Waals surface area contributed by atoms with Crippen LogP contribution in [0.2, 0.25) is 0 Å². The second-order valence-corrected chi connectivity index (χ2v) is 7.18. The van der Waals surface area contributed by atoms with Crippen molar-refractivity contribution >= 4 is 22.0 Å². The highest BCUT2D eigenvalue weighted by atomic mass is 32.2. The fourth-order valence-corrected chi connectivity index (χ4v) is 3.49. The molecule has 0 bridgehead atoms. The van der Waals surface area contributed by atoms with Crippen LogP contribution in [-0.4, -0.2) is 47.1 Å². The Balaban J connectivity index is 2.08. The number of hydrogen-bond acceptors (Lipinski definition) is 4. The Bertz CT molecular complexity index is 611. The van der Waals surface area contributed by atoms with E-state index in [-0.39, 0.29) is 18.3 Å². The van der Waals surface area contributed by atoms with Crippen molar-refractivity contribution in [1.82, 2.24) is 14.5 Å². The summed E-state index contributed by atoms with van der Waals surface area (Å²) in [4.78, 5) is 11.0. The number of rotatable bonds is 5. The van der Waals surface area contributed by atoms with Crippen LogP contribution in [0.25, 0.3) is 0 Å². The summed E-state index contributed by atoms with van der Waals surface area (Å²) in [5.41, 5.74) is 0.828. The fraction of sp³-hybridized carbons (Fsp3) is 0.667. The van der Waals surface area contributed by atoms with Gasteiger partial charge in [0, 0.05) is 24.8 Å². The van der Waals surface area contributed by atoms with Crippen LogP contribution >= 0.6 is 0 Å². The first-order valence-electron chi connectivity index (χ1n) is 6.85. The van der Waals surface area contributed by atoms with E-state index in [4.69, 9.17) is 5.11 Å². The quantitative estimate of drug-likeness (QED) is 0.749. The van der Waals surface area contributed by atoms with Crippen molar-refractivity contribution in [3.8, 4) is 0 Å². The Kier molecular flexibility index (Phi) is 4.52. The lowest BCUT2D eigenvalue weighted by molar-refractivity contribution is -0.142. The molecule has 0 aliphatic carbocycles. The SMILES string of the molecule is CC(C)c1cc(NS(=O)(=O)N2CCCC(C(=O)O)C2)n[nH]1. The molecule has 1 aliphatic rings. The molecule has 9 heteroatoms. The summed E-state index contributed by atoms with van der Waals surface area (Å²) in [5, 5.41) is 15.7. The number of anilines is 1. The highest BCUT2D eigenvalue weighted by Gasteiger charge is 2.32. The van der Waals surface area contributed by atoms with E-state index in [0.717, 1.165) is 5.69 Å². The number of carboxylic acids is 1. The first kappa shape index (κ1) is 15.8. The highest BCUT2D eigenvalue weighted by molar-refractivity contribution is 7.90. The highest BCUT2D eigenvalue weighted by Crippen LogP contribution is 2.21. The summed E-state index contributed by atoms with van der Waals surface area (Å²) < 4.78 is 28.1. The van der Waals surface area contributed by atoms with Gasteiger partial charge in [0.15, 0.2) is 5.82 Å². The lowest BCUT2D eigenvalue weighted by Gasteiger charge is -2.29. The number of carbonyl (C=O) groups is 1. The maximum Gasteiger partial charge on any atom is 0.307 e. The summed E-state index contributed by atoms with van der Waals surface area (Å²) in [6, 6.07) is 1.64. The zero-order chi connectivity index (χ0) is 15.6. The molecule has 8 nitrogen and oxygen atoms in total. The Morgan fingerprint density at radius 2 is 2.29 bits per heavy atom. The van der Waals surface area contributed by atoms with Gasteiger partial charge in [0.25, 0.3) is 0 Å². The third-order valence-corrected chi connectivity index (χ3v) is 5.01. The van der Waals surface area contributed by atoms with E-state index in [1.807, 2.05) is 13.8 Å². The van der Waals surface area contributed by atoms with Crippen LogP contribution in [0.4, 0.5) is 5.82 Å². The predicted molar refractivity (Wildman–Crippen MR) is 77.2 cm³/mol. The average molecular weight is 316 g/mol. The molecule has 1 aromatic rings. The standard InChI is InChI=1S/C12H20N4O4S/c1-8(2)10-6-11(14-13-10)15-21(19,20)16-5-3-4-9(7-16)12(17)18/h6,8-9H,3-5,7H2,1-2H3,(H,17,18)(H2,13,14,15). The molecule has 21 heavy (non-hydrogen) atoms. The third kappa shape index (κ3) is 3.73. The van der Waals surface area contributed by atoms with E-state index in [2.05, 4.69) is 14.9 Å². The Morgan fingerprint density at radius 3 is 2.86 bits per heavy atom. The molecular weight excluding hydrogens is 296 g/mol. The number of aromatic nitrogens is 2. The predicted octanol–water partition coefficient (Wildman–Crippen LogP) is 0.986. The zero-order valence-electron chi connectivity index (χ0n) is 12.0. The monoisotopic (exact) mass is 316 g/mol. The van der Waals surface area contributed by atoms with Crippen LogP contribution in [0.1, 0.15) is 38.3 Å². The molecule has 118 valence electrons. The lowest BCUT2D eigenvalue weighted by atomic mass is 10.0. The molecule has 0 aromatic carbocycles. The second-order valence-electron chi connectivity index (χ2n) is 5.51. The maximum atomic E-state index is 12.3. The molecule has 3 N–H and O–H groups in total. The first-order chi connectivity index (χ1) is 9.79. The third-order valence-electron chi connectivity index (χ3n) is 3.53. The molecule has 2 heterocycles. The van der Waals surface area contributed by atoms with Crippen LogP contribution in [0.5, 0.6) is 0 Å². The van der Waals surface area contributed by atoms with E-state index < -0.39 is 22.1 Å². The second kappa shape index (κ2) is 6.02. The summed E-state index contributed by atoms with van der Waals surface area (Å²) in [5.74, 6) is -1.18. The number of hydrogen-bond donors (Lipinski definition) is 3. The summed E-state index contributed by atoms with van der Waals surface area (Å²) >= 11 is 0. The van der Waals surface area contributed by atoms with Gasteiger partial charge < -0.3 is 5.11 Å². The normalized spacial score (nSPS) is 20.6. The van der Waals surface area contributed by atoms with Crippen molar-refractivity contribution in [2.45, 2.75) is 32.6 Å². The first-order valence-corrected chi connectivity index (χ1v) is 8.29. The van der Waals surface area contributed by atoms with Gasteiger partial charge in [-0.15, -0.1) is 0 Å². The number of aliphatic carboxylic acids is 1. The van der Waals surface area contributed by atoms with Crippen molar-refractivity contribution in [3.63, 3.8) is 0 Å². The van der Waals surface area contributed by atoms with Gasteiger partial charge >= 0.3 is 16.2 Å². The van der Waals surface area contributed by atoms with Crippen molar-refractivity contribution in [2.75, 3.05) is 17.8 Å². The topological polar surface area (TPSA) is 115 Å². The van der Waals surface area contributed by atoms with Gasteiger partial charge in [-0.3, -0.25) is 14.6 Å². The summed E-state index contributed by atoms with van der Waals surface area (Å²) in [7, 11) is -3.78. The number of carboxylic acid groups (broad SMARTS) is 1. The largest absolute Gasteiger partial charge is 0.481 e. The van der Waals surface area contributed by atoms with E-state index in [0.29, 0.717) is 19.4 Å². The molecule has 1 aliphatic heterocycles. The molecule has 1 saturated heterocycles. The maximum absolute atomic E-state index is 12.3. The zero-order valence-corrected chi connectivity index (χ0v) is 12.9. The number of piperidine rings is 1. The van der Waals surface area contributed by atoms with Gasteiger partial charge in [-0.1, -0.05) is 13.8 Å². The Hall–Kier alpha value is -1.61. The van der Waals surface area contributed by atoms with Gasteiger partial charge in [0.2, 0.25) is 0 Å². The molecule has 1 aromatic heterocycles. The van der Waals surface area contributed by atoms with Gasteiger partial charge in [0.05, 0.1) is 5.92 Å². The van der Waals surface area contributed by atoms with Crippen LogP contribution in [0.3, 0.4) is 0 Å². The molecule has 0 spiro atoms. The number of H-pyrrole nitrogens is 1. The molecule has 1 fully saturated rings. The van der Waals surface area contributed by atoms with Gasteiger partial charge in [-0.25, -0.2) is 0 Å². The van der Waals surface area contributed by atoms with E-state index in [9.17, 15) is 13.2 Å². The van der Waals surface area contributed by atoms with Crippen molar-refractivity contribution < 1.29 is 18.3 Å². The van der Waals surface area contributed by atoms with E-state index >= 15 is 0 Å². The number of aromatic amines is 1. The van der Waals surface area contributed by atoms with Crippen LogP contribution in [0.15, 0.2) is 6.07 Å². The van der Waals surface area contributed by atoms with Crippen LogP contribution in [0, 0.1) is 5.92 Å². The molecule has 2 rings (SSSR count). The average Bonchev–Trinajstić information content (AvgIpc) is 2.87. The fourth-order valence-electron chi connectivity index (χ4n) is 2.24. The van der Waals surface area contributed by atoms with E-state index in [1.54, 1.807) is 6.07 Å². The number of nitrogens with zero attached hydrogens (tertiary/aromatic N) is 2. The van der Waals surface area contributed by atoms with Crippen molar-refractivity contribution in [3.05, 3.63) is 11.8 Å². The minimum atomic E-state index is -3.78. The molecule has 1 unspecified atom stereocenters. The van der Waals surface area contributed by atoms with Crippen LogP contribution in [-0.2, 0) is 15.0 Å². The summed E-state index contributed by atoms with van der Waals surface area (Å²) in [6.45, 7) is 4.24. The van der Waals surface area contributed by atoms with E-state index in [1.165, 1.54) is 4.31 Å². The Morgan fingerprint density at radius 1 is 1.57 bits per heavy atom. The van der Waals surface area contributed by atoms with Gasteiger partial charge in [0.1, 0.15) is 0 Å². The minimum Gasteiger partial charge on any atom is -0.481 e. The van der Waals surface area contributed by atoms with Gasteiger partial charge in [-0.2, -0.15) is 17.8 Å². The molecule has 1 atom stereocenters. The summed E-state index contributed by atoms with van der Waals surface area (Å²) in [6.07, 6.45) is 1.04. The van der Waals surface area contributed by atoms with Crippen molar-refractivity contribution in [2.24, 2.45) is 5.92 Å². The molecule has 0 amide bonds. The molecule has 0 radical (unpaired) electrons. The Labute approximate surface area is 123 Å². The minimum absolute atomic E-state index is 0.00781. The smallest absolute Gasteiger partial charge is 0.307 e. The van der Waals surface area contributed by atoms with Gasteiger partial charge in [-0.05, 0) is 18.8 Å². The lowest BCUT2D eigenvalue weighted by Crippen LogP contribution is -2.44. The van der Waals surface area contributed by atoms with Crippen LogP contribution < -0.4 is 4.72 Å². The van der Waals surface area contributed by atoms with Crippen molar-refractivity contribution in [1.29, 1.82) is 0 Å².